The lowest BCUT2D eigenvalue weighted by Gasteiger charge is -2.73. The van der Waals surface area contributed by atoms with Crippen molar-refractivity contribution < 1.29 is 24.2 Å². The lowest BCUT2D eigenvalue weighted by molar-refractivity contribution is -0.246. The maximum absolute atomic E-state index is 13.3. The van der Waals surface area contributed by atoms with E-state index < -0.39 is 17.4 Å². The molecule has 5 saturated carbocycles. The Balaban J connectivity index is 1.40. The molecular weight excluding hydrogens is 588 g/mol. The van der Waals surface area contributed by atoms with Crippen molar-refractivity contribution in [3.8, 4) is 0 Å². The highest BCUT2D eigenvalue weighted by atomic mass is 16.5. The van der Waals surface area contributed by atoms with Crippen molar-refractivity contribution in [2.75, 3.05) is 6.54 Å². The van der Waals surface area contributed by atoms with Crippen molar-refractivity contribution in [3.63, 3.8) is 0 Å². The summed E-state index contributed by atoms with van der Waals surface area (Å²) in [5.74, 6) is 1.44. The highest BCUT2D eigenvalue weighted by Crippen LogP contribution is 2.76. The molecule has 0 saturated heterocycles. The summed E-state index contributed by atoms with van der Waals surface area (Å²) < 4.78 is 6.16. The largest absolute Gasteiger partial charge is 0.481 e. The van der Waals surface area contributed by atoms with Gasteiger partial charge in [0, 0.05) is 17.5 Å². The molecular formula is C40H66N2O5. The third-order valence-corrected chi connectivity index (χ3v) is 15.5. The number of nitrogens with one attached hydrogen (secondary N) is 2. The number of hydrogen-bond donors (Lipinski definition) is 3. The predicted molar refractivity (Wildman–Crippen MR) is 187 cm³/mol. The number of carboxylic acids is 1. The molecule has 3 N–H and O–H groups in total. The van der Waals surface area contributed by atoms with Gasteiger partial charge < -0.3 is 20.5 Å². The van der Waals surface area contributed by atoms with Crippen LogP contribution in [0, 0.1) is 62.6 Å². The summed E-state index contributed by atoms with van der Waals surface area (Å²) in [6.45, 7) is 27.2. The number of allylic oxidation sites excluding steroid dienone is 1. The van der Waals surface area contributed by atoms with Crippen LogP contribution in [0.1, 0.15) is 140 Å². The van der Waals surface area contributed by atoms with Crippen molar-refractivity contribution in [3.05, 3.63) is 12.2 Å². The van der Waals surface area contributed by atoms with Crippen LogP contribution < -0.4 is 10.6 Å². The number of carbonyl (C=O) groups excluding carboxylic acids is 2. The van der Waals surface area contributed by atoms with E-state index >= 15 is 0 Å². The van der Waals surface area contributed by atoms with E-state index in [1.54, 1.807) is 13.8 Å². The van der Waals surface area contributed by atoms with E-state index in [9.17, 15) is 19.5 Å². The van der Waals surface area contributed by atoms with E-state index in [1.165, 1.54) is 24.8 Å². The van der Waals surface area contributed by atoms with Crippen LogP contribution in [-0.4, -0.2) is 41.3 Å². The molecule has 2 amide bonds. The molecule has 10 atom stereocenters. The molecule has 6 unspecified atom stereocenters. The third kappa shape index (κ3) is 5.75. The van der Waals surface area contributed by atoms with Gasteiger partial charge >= 0.3 is 18.0 Å². The predicted octanol–water partition coefficient (Wildman–Crippen LogP) is 8.76. The van der Waals surface area contributed by atoms with Gasteiger partial charge in [0.25, 0.3) is 0 Å². The lowest BCUT2D eigenvalue weighted by atomic mass is 9.32. The Morgan fingerprint density at radius 3 is 2.19 bits per heavy atom. The van der Waals surface area contributed by atoms with Crippen molar-refractivity contribution in [2.45, 2.75) is 152 Å². The molecule has 7 nitrogen and oxygen atoms in total. The molecule has 266 valence electrons. The fourth-order valence-corrected chi connectivity index (χ4v) is 12.8. The first-order valence-corrected chi connectivity index (χ1v) is 18.8. The van der Waals surface area contributed by atoms with Gasteiger partial charge in [0.05, 0.1) is 11.8 Å². The lowest BCUT2D eigenvalue weighted by Crippen LogP contribution is -2.69. The smallest absolute Gasteiger partial charge is 0.315 e. The zero-order valence-corrected chi connectivity index (χ0v) is 31.3. The maximum atomic E-state index is 13.3. The second-order valence-electron chi connectivity index (χ2n) is 19.3. The van der Waals surface area contributed by atoms with E-state index in [1.807, 2.05) is 0 Å². The van der Waals surface area contributed by atoms with Gasteiger partial charge in [-0.3, -0.25) is 9.59 Å². The number of carbonyl (C=O) groups is 3. The Morgan fingerprint density at radius 1 is 0.894 bits per heavy atom. The Morgan fingerprint density at radius 2 is 1.57 bits per heavy atom. The molecule has 5 fully saturated rings. The zero-order chi connectivity index (χ0) is 35.0. The second kappa shape index (κ2) is 12.1. The van der Waals surface area contributed by atoms with Crippen LogP contribution in [0.4, 0.5) is 4.79 Å². The molecule has 5 rings (SSSR count). The highest BCUT2D eigenvalue weighted by Gasteiger charge is 2.71. The summed E-state index contributed by atoms with van der Waals surface area (Å²) in [6, 6.07) is -0.00574. The van der Waals surface area contributed by atoms with E-state index in [0.717, 1.165) is 44.9 Å². The summed E-state index contributed by atoms with van der Waals surface area (Å²) >= 11 is 0. The van der Waals surface area contributed by atoms with Crippen molar-refractivity contribution >= 4 is 18.0 Å². The van der Waals surface area contributed by atoms with Crippen LogP contribution in [0.5, 0.6) is 0 Å². The van der Waals surface area contributed by atoms with Gasteiger partial charge in [-0.1, -0.05) is 60.6 Å². The molecule has 0 bridgehead atoms. The van der Waals surface area contributed by atoms with Gasteiger partial charge in [-0.15, -0.1) is 0 Å². The van der Waals surface area contributed by atoms with Crippen LogP contribution in [0.25, 0.3) is 0 Å². The Bertz CT molecular complexity index is 1270. The van der Waals surface area contributed by atoms with Crippen LogP contribution in [-0.2, 0) is 14.3 Å². The molecule has 0 spiro atoms. The number of rotatable bonds is 8. The molecule has 0 aromatic carbocycles. The van der Waals surface area contributed by atoms with Crippen molar-refractivity contribution in [2.24, 2.45) is 62.6 Å². The van der Waals surface area contributed by atoms with Gasteiger partial charge in [0.2, 0.25) is 0 Å². The second-order valence-corrected chi connectivity index (χ2v) is 19.3. The molecule has 0 heterocycles. The van der Waals surface area contributed by atoms with Crippen LogP contribution >= 0.6 is 0 Å². The topological polar surface area (TPSA) is 105 Å². The number of fused-ring (bicyclic) bond motifs is 7. The first-order chi connectivity index (χ1) is 21.6. The van der Waals surface area contributed by atoms with Gasteiger partial charge in [-0.2, -0.15) is 0 Å². The summed E-state index contributed by atoms with van der Waals surface area (Å²) in [5.41, 5.74) is 0.260. The summed E-state index contributed by atoms with van der Waals surface area (Å²) in [5, 5.41) is 16.3. The fourth-order valence-electron chi connectivity index (χ4n) is 12.8. The van der Waals surface area contributed by atoms with Crippen LogP contribution in [0.3, 0.4) is 0 Å². The highest BCUT2D eigenvalue weighted by molar-refractivity contribution is 5.81. The number of carboxylic acid groups (broad SMARTS) is 1. The number of esters is 1. The normalized spacial score (nSPS) is 42.3. The standard InChI is InChI=1S/C40H66N2O5/c1-24(2)23-41-34(46)42-40-19-14-26(25(3)4)32(40)27-12-13-29-37(9)17-16-30(47-31(43)22-35(5,6)33(44)45)36(7,8)28(37)15-18-39(29,11)38(27,10)20-21-40/h24,26-30,32H,3,12-23H2,1-2,4-11H3,(H,44,45)(H2,41,42,46)/t26-,27?,28?,29?,30-,32?,37?,38+,39?,40-/m0/s1. The molecule has 0 aromatic heterocycles. The van der Waals surface area contributed by atoms with Gasteiger partial charge in [-0.25, -0.2) is 4.79 Å². The number of hydrogen-bond acceptors (Lipinski definition) is 4. The quantitative estimate of drug-likeness (QED) is 0.179. The third-order valence-electron chi connectivity index (χ3n) is 15.5. The molecule has 0 aliphatic heterocycles. The Kier molecular flexibility index (Phi) is 9.31. The van der Waals surface area contributed by atoms with E-state index in [4.69, 9.17) is 4.74 Å². The minimum atomic E-state index is -1.14. The molecule has 0 radical (unpaired) electrons. The molecule has 5 aliphatic carbocycles. The maximum Gasteiger partial charge on any atom is 0.315 e. The summed E-state index contributed by atoms with van der Waals surface area (Å²) in [7, 11) is 0. The van der Waals surface area contributed by atoms with Crippen molar-refractivity contribution in [1.29, 1.82) is 0 Å². The number of amides is 2. The molecule has 47 heavy (non-hydrogen) atoms. The number of ether oxygens (including phenoxy) is 1. The van der Waals surface area contributed by atoms with Gasteiger partial charge in [-0.05, 0) is 137 Å². The van der Waals surface area contributed by atoms with Crippen LogP contribution in [0.15, 0.2) is 12.2 Å². The SMILES string of the molecule is C=C(C)[C@@H]1CC[C@]2(NC(=O)NCC(C)C)CC[C@]3(C)C(CCC4C5(C)CC[C@H](OC(=O)CC(C)(C)C(=O)O)C(C)(C)C5CCC43C)C12. The minimum Gasteiger partial charge on any atom is -0.481 e. The Hall–Kier alpha value is -2.05. The summed E-state index contributed by atoms with van der Waals surface area (Å²) in [6.07, 6.45) is 10.5. The average molecular weight is 655 g/mol. The Labute approximate surface area is 285 Å². The molecule has 5 aliphatic rings. The van der Waals surface area contributed by atoms with Gasteiger partial charge in [0.1, 0.15) is 6.10 Å². The first-order valence-electron chi connectivity index (χ1n) is 18.8. The summed E-state index contributed by atoms with van der Waals surface area (Å²) in [4.78, 5) is 38.0. The fraction of sp³-hybridized carbons (Fsp3) is 0.875. The average Bonchev–Trinajstić information content (AvgIpc) is 3.33. The number of aliphatic carboxylic acids is 1. The van der Waals surface area contributed by atoms with E-state index in [2.05, 4.69) is 72.6 Å². The van der Waals surface area contributed by atoms with Gasteiger partial charge in [0.15, 0.2) is 0 Å². The number of urea groups is 1. The zero-order valence-electron chi connectivity index (χ0n) is 31.3. The van der Waals surface area contributed by atoms with E-state index in [0.29, 0.717) is 42.1 Å². The van der Waals surface area contributed by atoms with Crippen molar-refractivity contribution in [1.82, 2.24) is 10.6 Å². The monoisotopic (exact) mass is 654 g/mol. The van der Waals surface area contributed by atoms with E-state index in [-0.39, 0.29) is 45.8 Å². The first kappa shape index (κ1) is 36.2. The molecule has 0 aromatic rings. The molecule has 7 heteroatoms. The van der Waals surface area contributed by atoms with Crippen LogP contribution in [0.2, 0.25) is 0 Å². The minimum absolute atomic E-state index is 0.00574.